The summed E-state index contributed by atoms with van der Waals surface area (Å²) in [5.74, 6) is 0. The fourth-order valence-corrected chi connectivity index (χ4v) is 3.33. The zero-order chi connectivity index (χ0) is 21.7. The molecule has 0 fully saturated rings. The standard InChI is InChI=1S/C27H31NO3/c1-2-25(29)27(31-21-24-16-10-5-11-17-24)26(30-20-23-14-8-4-9-15-23)19-28-18-22-12-6-3-7-13-22/h2-17,25-29H,1,18-21H2/t25?,26-,27+/m1/s1. The molecule has 31 heavy (non-hydrogen) atoms. The maximum atomic E-state index is 10.6. The molecule has 3 rings (SSSR count). The highest BCUT2D eigenvalue weighted by molar-refractivity contribution is 5.15. The van der Waals surface area contributed by atoms with E-state index >= 15 is 0 Å². The van der Waals surface area contributed by atoms with Crippen LogP contribution in [0.5, 0.6) is 0 Å². The molecule has 3 aromatic carbocycles. The zero-order valence-electron chi connectivity index (χ0n) is 17.8. The van der Waals surface area contributed by atoms with Crippen LogP contribution in [0.4, 0.5) is 0 Å². The first kappa shape index (κ1) is 22.9. The van der Waals surface area contributed by atoms with Crippen molar-refractivity contribution in [3.05, 3.63) is 120 Å². The Labute approximate surface area is 185 Å². The third kappa shape index (κ3) is 7.78. The lowest BCUT2D eigenvalue weighted by molar-refractivity contribution is -0.119. The SMILES string of the molecule is C=CC(O)[C@H](OCc1ccccc1)[C@@H](CNCc1ccccc1)OCc1ccccc1. The van der Waals surface area contributed by atoms with E-state index in [-0.39, 0.29) is 6.10 Å². The van der Waals surface area contributed by atoms with E-state index in [0.717, 1.165) is 11.1 Å². The molecule has 0 aromatic heterocycles. The lowest BCUT2D eigenvalue weighted by Gasteiger charge is -2.30. The van der Waals surface area contributed by atoms with Crippen molar-refractivity contribution < 1.29 is 14.6 Å². The van der Waals surface area contributed by atoms with Gasteiger partial charge >= 0.3 is 0 Å². The number of benzene rings is 3. The van der Waals surface area contributed by atoms with E-state index in [2.05, 4.69) is 24.0 Å². The molecular formula is C27H31NO3. The molecule has 3 atom stereocenters. The van der Waals surface area contributed by atoms with Crippen molar-refractivity contribution in [2.45, 2.75) is 38.1 Å². The number of hydrogen-bond acceptors (Lipinski definition) is 4. The highest BCUT2D eigenvalue weighted by Gasteiger charge is 2.28. The summed E-state index contributed by atoms with van der Waals surface area (Å²) >= 11 is 0. The fraction of sp³-hybridized carbons (Fsp3) is 0.259. The molecule has 2 N–H and O–H groups in total. The lowest BCUT2D eigenvalue weighted by Crippen LogP contribution is -2.45. The van der Waals surface area contributed by atoms with Gasteiger partial charge in [0.05, 0.1) is 19.3 Å². The molecule has 0 aliphatic carbocycles. The number of rotatable bonds is 13. The number of aliphatic hydroxyl groups excluding tert-OH is 1. The normalized spacial score (nSPS) is 14.0. The summed E-state index contributed by atoms with van der Waals surface area (Å²) in [4.78, 5) is 0. The lowest BCUT2D eigenvalue weighted by atomic mass is 10.1. The molecule has 4 nitrogen and oxygen atoms in total. The van der Waals surface area contributed by atoms with Crippen LogP contribution in [0.1, 0.15) is 16.7 Å². The molecule has 0 bridgehead atoms. The molecule has 0 saturated heterocycles. The van der Waals surface area contributed by atoms with Gasteiger partial charge in [-0.1, -0.05) is 97.1 Å². The van der Waals surface area contributed by atoms with Gasteiger partial charge in [0.2, 0.25) is 0 Å². The third-order valence-corrected chi connectivity index (χ3v) is 5.05. The van der Waals surface area contributed by atoms with Crippen LogP contribution in [0.3, 0.4) is 0 Å². The van der Waals surface area contributed by atoms with Crippen molar-refractivity contribution in [3.63, 3.8) is 0 Å². The summed E-state index contributed by atoms with van der Waals surface area (Å²) in [6, 6.07) is 30.1. The van der Waals surface area contributed by atoms with Gasteiger partial charge in [0, 0.05) is 13.1 Å². The van der Waals surface area contributed by atoms with E-state index in [1.165, 1.54) is 11.6 Å². The van der Waals surface area contributed by atoms with Crippen molar-refractivity contribution in [1.29, 1.82) is 0 Å². The Hall–Kier alpha value is -2.76. The summed E-state index contributed by atoms with van der Waals surface area (Å²) in [5, 5.41) is 14.1. The first-order valence-electron chi connectivity index (χ1n) is 10.6. The first-order valence-corrected chi connectivity index (χ1v) is 10.6. The summed E-state index contributed by atoms with van der Waals surface area (Å²) < 4.78 is 12.4. The molecule has 0 aliphatic heterocycles. The minimum absolute atomic E-state index is 0.361. The smallest absolute Gasteiger partial charge is 0.115 e. The molecule has 0 spiro atoms. The van der Waals surface area contributed by atoms with Gasteiger partial charge in [-0.05, 0) is 16.7 Å². The van der Waals surface area contributed by atoms with Crippen LogP contribution in [0, 0.1) is 0 Å². The van der Waals surface area contributed by atoms with Crippen molar-refractivity contribution in [3.8, 4) is 0 Å². The Kier molecular flexibility index (Phi) is 9.48. The van der Waals surface area contributed by atoms with Gasteiger partial charge in [-0.25, -0.2) is 0 Å². The quantitative estimate of drug-likeness (QED) is 0.402. The van der Waals surface area contributed by atoms with Crippen LogP contribution in [0.2, 0.25) is 0 Å². The van der Waals surface area contributed by atoms with Crippen molar-refractivity contribution in [1.82, 2.24) is 5.32 Å². The van der Waals surface area contributed by atoms with E-state index in [0.29, 0.717) is 26.3 Å². The van der Waals surface area contributed by atoms with Crippen LogP contribution in [0.25, 0.3) is 0 Å². The minimum atomic E-state index is -0.844. The van der Waals surface area contributed by atoms with E-state index in [1.807, 2.05) is 78.9 Å². The predicted octanol–water partition coefficient (Wildman–Crippen LogP) is 4.49. The molecule has 0 heterocycles. The third-order valence-electron chi connectivity index (χ3n) is 5.05. The second-order valence-corrected chi connectivity index (χ2v) is 7.44. The Bertz CT molecular complexity index is 871. The van der Waals surface area contributed by atoms with Crippen molar-refractivity contribution >= 4 is 0 Å². The average Bonchev–Trinajstić information content (AvgIpc) is 2.84. The van der Waals surface area contributed by atoms with Gasteiger partial charge in [-0.3, -0.25) is 0 Å². The molecule has 3 aromatic rings. The number of ether oxygens (including phenoxy) is 2. The van der Waals surface area contributed by atoms with Crippen LogP contribution >= 0.6 is 0 Å². The fourth-order valence-electron chi connectivity index (χ4n) is 3.33. The summed E-state index contributed by atoms with van der Waals surface area (Å²) in [6.45, 7) is 5.83. The number of aliphatic hydroxyl groups is 1. The summed E-state index contributed by atoms with van der Waals surface area (Å²) in [7, 11) is 0. The van der Waals surface area contributed by atoms with Gasteiger partial charge in [-0.2, -0.15) is 0 Å². The Morgan fingerprint density at radius 2 is 1.23 bits per heavy atom. The van der Waals surface area contributed by atoms with Gasteiger partial charge in [0.15, 0.2) is 0 Å². The van der Waals surface area contributed by atoms with E-state index in [9.17, 15) is 5.11 Å². The molecule has 162 valence electrons. The van der Waals surface area contributed by atoms with Gasteiger partial charge in [-0.15, -0.1) is 6.58 Å². The molecule has 1 unspecified atom stereocenters. The first-order chi connectivity index (χ1) is 15.3. The average molecular weight is 418 g/mol. The topological polar surface area (TPSA) is 50.7 Å². The number of nitrogens with one attached hydrogen (secondary N) is 1. The Morgan fingerprint density at radius 3 is 1.74 bits per heavy atom. The molecule has 0 aliphatic rings. The van der Waals surface area contributed by atoms with Crippen molar-refractivity contribution in [2.75, 3.05) is 6.54 Å². The van der Waals surface area contributed by atoms with E-state index < -0.39 is 12.2 Å². The van der Waals surface area contributed by atoms with Crippen LogP contribution in [0.15, 0.2) is 104 Å². The van der Waals surface area contributed by atoms with E-state index in [1.54, 1.807) is 0 Å². The summed E-state index contributed by atoms with van der Waals surface area (Å²) in [5.41, 5.74) is 3.31. The van der Waals surface area contributed by atoms with Crippen molar-refractivity contribution in [2.24, 2.45) is 0 Å². The van der Waals surface area contributed by atoms with Gasteiger partial charge in [0.1, 0.15) is 12.2 Å². The van der Waals surface area contributed by atoms with E-state index in [4.69, 9.17) is 9.47 Å². The van der Waals surface area contributed by atoms with Crippen LogP contribution in [-0.4, -0.2) is 30.0 Å². The minimum Gasteiger partial charge on any atom is -0.386 e. The number of hydrogen-bond donors (Lipinski definition) is 2. The molecule has 0 amide bonds. The maximum absolute atomic E-state index is 10.6. The summed E-state index contributed by atoms with van der Waals surface area (Å²) in [6.07, 6.45) is -0.250. The van der Waals surface area contributed by atoms with Gasteiger partial charge in [0.25, 0.3) is 0 Å². The highest BCUT2D eigenvalue weighted by atomic mass is 16.5. The van der Waals surface area contributed by atoms with Gasteiger partial charge < -0.3 is 19.9 Å². The molecule has 4 heteroatoms. The molecule has 0 saturated carbocycles. The molecular weight excluding hydrogens is 386 g/mol. The van der Waals surface area contributed by atoms with Crippen LogP contribution < -0.4 is 5.32 Å². The second kappa shape index (κ2) is 12.8. The largest absolute Gasteiger partial charge is 0.386 e. The highest BCUT2D eigenvalue weighted by Crippen LogP contribution is 2.16. The maximum Gasteiger partial charge on any atom is 0.115 e. The zero-order valence-corrected chi connectivity index (χ0v) is 17.8. The second-order valence-electron chi connectivity index (χ2n) is 7.44. The Balaban J connectivity index is 1.68. The molecule has 0 radical (unpaired) electrons. The van der Waals surface area contributed by atoms with Crippen LogP contribution in [-0.2, 0) is 29.2 Å². The Morgan fingerprint density at radius 1 is 0.742 bits per heavy atom. The monoisotopic (exact) mass is 417 g/mol. The predicted molar refractivity (Wildman–Crippen MR) is 124 cm³/mol.